The van der Waals surface area contributed by atoms with Gasteiger partial charge in [0.25, 0.3) is 0 Å². The zero-order chi connectivity index (χ0) is 15.9. The van der Waals surface area contributed by atoms with Gasteiger partial charge in [-0.2, -0.15) is 0 Å². The minimum atomic E-state index is 0.374. The van der Waals surface area contributed by atoms with Gasteiger partial charge in [0.2, 0.25) is 0 Å². The second-order valence-corrected chi connectivity index (χ2v) is 7.32. The summed E-state index contributed by atoms with van der Waals surface area (Å²) in [5.74, 6) is 0. The van der Waals surface area contributed by atoms with E-state index >= 15 is 0 Å². The Hall–Kier alpha value is -0.160. The third kappa shape index (κ3) is 6.64. The lowest BCUT2D eigenvalue weighted by atomic mass is 9.79. The summed E-state index contributed by atoms with van der Waals surface area (Å²) in [6.45, 7) is 15.5. The SMILES string of the molecule is CCN(CC1(CNC(C)C)CCOCC1)C(C)CN(C)C. The number of nitrogens with one attached hydrogen (secondary N) is 1. The maximum absolute atomic E-state index is 5.62. The molecule has 0 aromatic rings. The molecule has 126 valence electrons. The molecular weight excluding hydrogens is 262 g/mol. The molecule has 1 atom stereocenters. The molecule has 1 rings (SSSR count). The maximum atomic E-state index is 5.62. The van der Waals surface area contributed by atoms with Gasteiger partial charge < -0.3 is 15.0 Å². The first-order valence-electron chi connectivity index (χ1n) is 8.58. The standard InChI is InChI=1S/C17H37N3O/c1-7-20(16(4)12-19(5)6)14-17(13-18-15(2)3)8-10-21-11-9-17/h15-16,18H,7-14H2,1-6H3. The van der Waals surface area contributed by atoms with Crippen LogP contribution >= 0.6 is 0 Å². The van der Waals surface area contributed by atoms with Crippen molar-refractivity contribution in [3.8, 4) is 0 Å². The summed E-state index contributed by atoms with van der Waals surface area (Å²) in [6, 6.07) is 1.16. The van der Waals surface area contributed by atoms with Crippen molar-refractivity contribution in [2.45, 2.75) is 52.6 Å². The fourth-order valence-electron chi connectivity index (χ4n) is 3.27. The number of likely N-dealkylation sites (N-methyl/N-ethyl adjacent to an activating group) is 2. The molecule has 1 aliphatic heterocycles. The monoisotopic (exact) mass is 299 g/mol. The van der Waals surface area contributed by atoms with Gasteiger partial charge in [-0.25, -0.2) is 0 Å². The molecule has 0 spiro atoms. The topological polar surface area (TPSA) is 27.7 Å². The van der Waals surface area contributed by atoms with Crippen molar-refractivity contribution in [3.05, 3.63) is 0 Å². The van der Waals surface area contributed by atoms with Gasteiger partial charge >= 0.3 is 0 Å². The van der Waals surface area contributed by atoms with E-state index in [-0.39, 0.29) is 0 Å². The molecule has 1 unspecified atom stereocenters. The largest absolute Gasteiger partial charge is 0.381 e. The smallest absolute Gasteiger partial charge is 0.0472 e. The van der Waals surface area contributed by atoms with Gasteiger partial charge in [0, 0.05) is 44.9 Å². The van der Waals surface area contributed by atoms with Crippen molar-refractivity contribution in [2.24, 2.45) is 5.41 Å². The van der Waals surface area contributed by atoms with Crippen LogP contribution in [0.25, 0.3) is 0 Å². The van der Waals surface area contributed by atoms with Gasteiger partial charge in [0.15, 0.2) is 0 Å². The Morgan fingerprint density at radius 3 is 2.24 bits per heavy atom. The normalized spacial score (nSPS) is 20.4. The van der Waals surface area contributed by atoms with Gasteiger partial charge in [-0.15, -0.1) is 0 Å². The minimum absolute atomic E-state index is 0.374. The highest BCUT2D eigenvalue weighted by atomic mass is 16.5. The summed E-state index contributed by atoms with van der Waals surface area (Å²) < 4.78 is 5.62. The van der Waals surface area contributed by atoms with E-state index in [1.165, 1.54) is 19.4 Å². The van der Waals surface area contributed by atoms with Gasteiger partial charge in [-0.3, -0.25) is 4.90 Å². The lowest BCUT2D eigenvalue weighted by Gasteiger charge is -2.43. The van der Waals surface area contributed by atoms with Crippen LogP contribution in [0.2, 0.25) is 0 Å². The minimum Gasteiger partial charge on any atom is -0.381 e. The highest BCUT2D eigenvalue weighted by molar-refractivity contribution is 4.89. The van der Waals surface area contributed by atoms with Crippen LogP contribution in [-0.4, -0.2) is 75.4 Å². The van der Waals surface area contributed by atoms with Gasteiger partial charge in [-0.05, 0) is 45.8 Å². The van der Waals surface area contributed by atoms with Crippen LogP contribution in [0.4, 0.5) is 0 Å². The van der Waals surface area contributed by atoms with Gasteiger partial charge in [0.05, 0.1) is 0 Å². The molecule has 0 amide bonds. The van der Waals surface area contributed by atoms with Crippen molar-refractivity contribution in [1.82, 2.24) is 15.1 Å². The van der Waals surface area contributed by atoms with Crippen molar-refractivity contribution in [1.29, 1.82) is 0 Å². The predicted octanol–water partition coefficient (Wildman–Crippen LogP) is 2.05. The molecule has 4 heteroatoms. The molecule has 1 saturated heterocycles. The van der Waals surface area contributed by atoms with Crippen molar-refractivity contribution < 1.29 is 4.74 Å². The first kappa shape index (κ1) is 18.9. The Labute approximate surface area is 132 Å². The van der Waals surface area contributed by atoms with Gasteiger partial charge in [0.1, 0.15) is 0 Å². The zero-order valence-corrected chi connectivity index (χ0v) is 15.1. The summed E-state index contributed by atoms with van der Waals surface area (Å²) in [6.07, 6.45) is 2.36. The molecule has 1 fully saturated rings. The third-order valence-corrected chi connectivity index (χ3v) is 4.64. The van der Waals surface area contributed by atoms with E-state index in [0.29, 0.717) is 17.5 Å². The molecule has 21 heavy (non-hydrogen) atoms. The van der Waals surface area contributed by atoms with E-state index in [1.807, 2.05) is 0 Å². The molecule has 1 heterocycles. The van der Waals surface area contributed by atoms with E-state index in [4.69, 9.17) is 4.74 Å². The number of nitrogens with zero attached hydrogens (tertiary/aromatic N) is 2. The summed E-state index contributed by atoms with van der Waals surface area (Å²) in [4.78, 5) is 4.93. The second-order valence-electron chi connectivity index (χ2n) is 7.32. The Balaban J connectivity index is 2.68. The van der Waals surface area contributed by atoms with Crippen LogP contribution in [0, 0.1) is 5.41 Å². The van der Waals surface area contributed by atoms with E-state index in [0.717, 1.165) is 32.8 Å². The zero-order valence-electron chi connectivity index (χ0n) is 15.1. The maximum Gasteiger partial charge on any atom is 0.0472 e. The molecule has 0 aromatic heterocycles. The predicted molar refractivity (Wildman–Crippen MR) is 90.9 cm³/mol. The Kier molecular flexibility index (Phi) is 8.17. The lowest BCUT2D eigenvalue weighted by molar-refractivity contribution is -0.0121. The summed E-state index contributed by atoms with van der Waals surface area (Å²) in [5, 5.41) is 3.67. The van der Waals surface area contributed by atoms with Crippen molar-refractivity contribution >= 4 is 0 Å². The quantitative estimate of drug-likeness (QED) is 0.705. The third-order valence-electron chi connectivity index (χ3n) is 4.64. The number of rotatable bonds is 9. The average Bonchev–Trinajstić information content (AvgIpc) is 2.43. The van der Waals surface area contributed by atoms with Crippen LogP contribution in [0.5, 0.6) is 0 Å². The Bertz CT molecular complexity index is 275. The van der Waals surface area contributed by atoms with E-state index in [1.54, 1.807) is 0 Å². The Morgan fingerprint density at radius 1 is 1.14 bits per heavy atom. The lowest BCUT2D eigenvalue weighted by Crippen LogP contribution is -2.51. The van der Waals surface area contributed by atoms with Crippen molar-refractivity contribution in [3.63, 3.8) is 0 Å². The molecule has 0 radical (unpaired) electrons. The van der Waals surface area contributed by atoms with Gasteiger partial charge in [-0.1, -0.05) is 20.8 Å². The molecule has 1 N–H and O–H groups in total. The molecule has 0 saturated carbocycles. The second kappa shape index (κ2) is 9.09. The number of ether oxygens (including phenoxy) is 1. The van der Waals surface area contributed by atoms with Crippen molar-refractivity contribution in [2.75, 3.05) is 53.5 Å². The first-order valence-corrected chi connectivity index (χ1v) is 8.58. The Morgan fingerprint density at radius 2 is 1.76 bits per heavy atom. The first-order chi connectivity index (χ1) is 9.88. The summed E-state index contributed by atoms with van der Waals surface area (Å²) in [5.41, 5.74) is 0.374. The van der Waals surface area contributed by atoms with Crippen LogP contribution < -0.4 is 5.32 Å². The van der Waals surface area contributed by atoms with E-state index < -0.39 is 0 Å². The molecule has 0 aromatic carbocycles. The summed E-state index contributed by atoms with van der Waals surface area (Å²) in [7, 11) is 4.32. The number of hydrogen-bond acceptors (Lipinski definition) is 4. The molecular formula is C17H37N3O. The highest BCUT2D eigenvalue weighted by Gasteiger charge is 2.35. The van der Waals surface area contributed by atoms with Crippen LogP contribution in [0.3, 0.4) is 0 Å². The fourth-order valence-corrected chi connectivity index (χ4v) is 3.27. The highest BCUT2D eigenvalue weighted by Crippen LogP contribution is 2.31. The van der Waals surface area contributed by atoms with Crippen LogP contribution in [0.1, 0.15) is 40.5 Å². The van der Waals surface area contributed by atoms with Crippen LogP contribution in [0.15, 0.2) is 0 Å². The number of hydrogen-bond donors (Lipinski definition) is 1. The van der Waals surface area contributed by atoms with Crippen LogP contribution in [-0.2, 0) is 4.74 Å². The van der Waals surface area contributed by atoms with E-state index in [9.17, 15) is 0 Å². The fraction of sp³-hybridized carbons (Fsp3) is 1.00. The average molecular weight is 300 g/mol. The summed E-state index contributed by atoms with van der Waals surface area (Å²) >= 11 is 0. The molecule has 0 aliphatic carbocycles. The molecule has 4 nitrogen and oxygen atoms in total. The van der Waals surface area contributed by atoms with E-state index in [2.05, 4.69) is 56.9 Å². The molecule has 0 bridgehead atoms. The molecule has 1 aliphatic rings.